The SMILES string of the molecule is CC[C@H](Oc1ccc2ccccc2c1)C(=O)Nc1ccc2c(c1)OCO2. The number of fused-ring (bicyclic) bond motifs is 2. The lowest BCUT2D eigenvalue weighted by atomic mass is 10.1. The van der Waals surface area contributed by atoms with E-state index in [-0.39, 0.29) is 12.7 Å². The molecule has 0 bridgehead atoms. The van der Waals surface area contributed by atoms with Gasteiger partial charge in [0.2, 0.25) is 6.79 Å². The van der Waals surface area contributed by atoms with Crippen molar-refractivity contribution >= 4 is 22.4 Å². The standard InChI is InChI=1S/C21H19NO4/c1-2-18(26-17-9-7-14-5-3-4-6-15(14)11-17)21(23)22-16-8-10-19-20(12-16)25-13-24-19/h3-12,18H,2,13H2,1H3,(H,22,23)/t18-/m0/s1. The Morgan fingerprint density at radius 2 is 1.85 bits per heavy atom. The Bertz CT molecular complexity index is 954. The number of hydrogen-bond acceptors (Lipinski definition) is 4. The quantitative estimate of drug-likeness (QED) is 0.743. The minimum atomic E-state index is -0.582. The summed E-state index contributed by atoms with van der Waals surface area (Å²) in [6.07, 6.45) is -0.0231. The maximum absolute atomic E-state index is 12.6. The maximum Gasteiger partial charge on any atom is 0.265 e. The van der Waals surface area contributed by atoms with E-state index in [0.29, 0.717) is 29.4 Å². The molecular weight excluding hydrogens is 330 g/mol. The molecule has 0 fully saturated rings. The maximum atomic E-state index is 12.6. The number of anilines is 1. The van der Waals surface area contributed by atoms with E-state index in [1.807, 2.05) is 49.4 Å². The Morgan fingerprint density at radius 1 is 1.04 bits per heavy atom. The van der Waals surface area contributed by atoms with Crippen LogP contribution in [-0.2, 0) is 4.79 Å². The van der Waals surface area contributed by atoms with Crippen molar-refractivity contribution in [1.82, 2.24) is 0 Å². The van der Waals surface area contributed by atoms with Crippen LogP contribution >= 0.6 is 0 Å². The normalized spacial score (nSPS) is 13.4. The summed E-state index contributed by atoms with van der Waals surface area (Å²) < 4.78 is 16.6. The van der Waals surface area contributed by atoms with Gasteiger partial charge in [0.25, 0.3) is 5.91 Å². The molecule has 0 radical (unpaired) electrons. The number of benzene rings is 3. The van der Waals surface area contributed by atoms with E-state index in [1.54, 1.807) is 18.2 Å². The Morgan fingerprint density at radius 3 is 2.69 bits per heavy atom. The Hall–Kier alpha value is -3.21. The zero-order valence-electron chi connectivity index (χ0n) is 14.4. The van der Waals surface area contributed by atoms with Crippen LogP contribution in [0.1, 0.15) is 13.3 Å². The number of rotatable bonds is 5. The molecule has 0 aromatic heterocycles. The lowest BCUT2D eigenvalue weighted by molar-refractivity contribution is -0.122. The van der Waals surface area contributed by atoms with Gasteiger partial charge in [-0.3, -0.25) is 4.79 Å². The highest BCUT2D eigenvalue weighted by molar-refractivity contribution is 5.94. The van der Waals surface area contributed by atoms with Crippen molar-refractivity contribution in [3.8, 4) is 17.2 Å². The van der Waals surface area contributed by atoms with Crippen LogP contribution in [0.15, 0.2) is 60.7 Å². The number of carbonyl (C=O) groups excluding carboxylic acids is 1. The lowest BCUT2D eigenvalue weighted by Gasteiger charge is -2.18. The molecule has 0 unspecified atom stereocenters. The molecule has 1 heterocycles. The summed E-state index contributed by atoms with van der Waals surface area (Å²) in [4.78, 5) is 12.6. The highest BCUT2D eigenvalue weighted by atomic mass is 16.7. The van der Waals surface area contributed by atoms with E-state index >= 15 is 0 Å². The molecule has 5 heteroatoms. The van der Waals surface area contributed by atoms with E-state index in [2.05, 4.69) is 5.32 Å². The smallest absolute Gasteiger partial charge is 0.265 e. The number of nitrogens with one attached hydrogen (secondary N) is 1. The predicted octanol–water partition coefficient (Wildman–Crippen LogP) is 4.36. The van der Waals surface area contributed by atoms with Crippen molar-refractivity contribution in [2.75, 3.05) is 12.1 Å². The lowest BCUT2D eigenvalue weighted by Crippen LogP contribution is -2.32. The zero-order chi connectivity index (χ0) is 17.9. The molecule has 1 aliphatic heterocycles. The van der Waals surface area contributed by atoms with Crippen molar-refractivity contribution in [2.45, 2.75) is 19.4 Å². The summed E-state index contributed by atoms with van der Waals surface area (Å²) in [6, 6.07) is 19.2. The molecule has 1 amide bonds. The molecule has 0 saturated heterocycles. The molecule has 5 nitrogen and oxygen atoms in total. The van der Waals surface area contributed by atoms with Crippen LogP contribution in [-0.4, -0.2) is 18.8 Å². The van der Waals surface area contributed by atoms with E-state index in [1.165, 1.54) is 0 Å². The molecule has 1 atom stereocenters. The first kappa shape index (κ1) is 16.3. The summed E-state index contributed by atoms with van der Waals surface area (Å²) >= 11 is 0. The van der Waals surface area contributed by atoms with Crippen molar-refractivity contribution in [3.05, 3.63) is 60.7 Å². The van der Waals surface area contributed by atoms with E-state index < -0.39 is 6.10 Å². The summed E-state index contributed by atoms with van der Waals surface area (Å²) in [7, 11) is 0. The van der Waals surface area contributed by atoms with Crippen LogP contribution in [0.4, 0.5) is 5.69 Å². The van der Waals surface area contributed by atoms with Crippen LogP contribution in [0.25, 0.3) is 10.8 Å². The van der Waals surface area contributed by atoms with Gasteiger partial charge in [0, 0.05) is 11.8 Å². The predicted molar refractivity (Wildman–Crippen MR) is 99.8 cm³/mol. The van der Waals surface area contributed by atoms with Crippen LogP contribution in [0.3, 0.4) is 0 Å². The van der Waals surface area contributed by atoms with Crippen molar-refractivity contribution in [2.24, 2.45) is 0 Å². The summed E-state index contributed by atoms with van der Waals surface area (Å²) in [5.74, 6) is 1.80. The summed E-state index contributed by atoms with van der Waals surface area (Å²) in [5, 5.41) is 5.10. The monoisotopic (exact) mass is 349 g/mol. The fourth-order valence-electron chi connectivity index (χ4n) is 2.92. The minimum absolute atomic E-state index is 0.195. The highest BCUT2D eigenvalue weighted by Gasteiger charge is 2.20. The Kier molecular flexibility index (Phi) is 4.35. The molecular formula is C21H19NO4. The molecule has 0 spiro atoms. The van der Waals surface area contributed by atoms with Gasteiger partial charge in [0.1, 0.15) is 5.75 Å². The van der Waals surface area contributed by atoms with Crippen LogP contribution in [0, 0.1) is 0 Å². The topological polar surface area (TPSA) is 56.8 Å². The van der Waals surface area contributed by atoms with Crippen LogP contribution in [0.2, 0.25) is 0 Å². The molecule has 26 heavy (non-hydrogen) atoms. The Labute approximate surface area is 151 Å². The van der Waals surface area contributed by atoms with Gasteiger partial charge in [-0.1, -0.05) is 37.3 Å². The average Bonchev–Trinajstić information content (AvgIpc) is 3.13. The second kappa shape index (κ2) is 6.96. The number of hydrogen-bond donors (Lipinski definition) is 1. The van der Waals surface area contributed by atoms with E-state index in [9.17, 15) is 4.79 Å². The fraction of sp³-hybridized carbons (Fsp3) is 0.190. The molecule has 0 aliphatic carbocycles. The zero-order valence-corrected chi connectivity index (χ0v) is 14.4. The number of amides is 1. The van der Waals surface area contributed by atoms with Gasteiger partial charge >= 0.3 is 0 Å². The van der Waals surface area contributed by atoms with Gasteiger partial charge < -0.3 is 19.5 Å². The summed E-state index contributed by atoms with van der Waals surface area (Å²) in [6.45, 7) is 2.13. The highest BCUT2D eigenvalue weighted by Crippen LogP contribution is 2.34. The minimum Gasteiger partial charge on any atom is -0.481 e. The summed E-state index contributed by atoms with van der Waals surface area (Å²) in [5.41, 5.74) is 0.653. The van der Waals surface area contributed by atoms with Gasteiger partial charge in [-0.25, -0.2) is 0 Å². The first-order valence-electron chi connectivity index (χ1n) is 8.59. The van der Waals surface area contributed by atoms with Gasteiger partial charge in [-0.05, 0) is 41.5 Å². The van der Waals surface area contributed by atoms with Gasteiger partial charge in [-0.2, -0.15) is 0 Å². The van der Waals surface area contributed by atoms with Crippen molar-refractivity contribution < 1.29 is 19.0 Å². The third kappa shape index (κ3) is 3.28. The van der Waals surface area contributed by atoms with Crippen LogP contribution < -0.4 is 19.5 Å². The second-order valence-electron chi connectivity index (χ2n) is 6.08. The third-order valence-corrected chi connectivity index (χ3v) is 4.30. The molecule has 0 saturated carbocycles. The number of ether oxygens (including phenoxy) is 3. The largest absolute Gasteiger partial charge is 0.481 e. The van der Waals surface area contributed by atoms with Gasteiger partial charge in [0.15, 0.2) is 17.6 Å². The van der Waals surface area contributed by atoms with E-state index in [4.69, 9.17) is 14.2 Å². The first-order chi connectivity index (χ1) is 12.7. The second-order valence-corrected chi connectivity index (χ2v) is 6.08. The molecule has 1 aliphatic rings. The molecule has 1 N–H and O–H groups in total. The molecule has 3 aromatic rings. The molecule has 4 rings (SSSR count). The van der Waals surface area contributed by atoms with Crippen molar-refractivity contribution in [3.63, 3.8) is 0 Å². The van der Waals surface area contributed by atoms with Crippen molar-refractivity contribution in [1.29, 1.82) is 0 Å². The first-order valence-corrected chi connectivity index (χ1v) is 8.59. The van der Waals surface area contributed by atoms with Gasteiger partial charge in [-0.15, -0.1) is 0 Å². The number of carbonyl (C=O) groups is 1. The van der Waals surface area contributed by atoms with Crippen LogP contribution in [0.5, 0.6) is 17.2 Å². The van der Waals surface area contributed by atoms with E-state index in [0.717, 1.165) is 10.8 Å². The average molecular weight is 349 g/mol. The Balaban J connectivity index is 1.48. The fourth-order valence-corrected chi connectivity index (χ4v) is 2.92. The van der Waals surface area contributed by atoms with Gasteiger partial charge in [0.05, 0.1) is 0 Å². The molecule has 132 valence electrons. The molecule has 3 aromatic carbocycles. The third-order valence-electron chi connectivity index (χ3n) is 4.30.